The highest BCUT2D eigenvalue weighted by atomic mass is 35.5. The van der Waals surface area contributed by atoms with Crippen LogP contribution in [0, 0.1) is 12.7 Å². The molecule has 1 N–H and O–H groups in total. The average Bonchev–Trinajstić information content (AvgIpc) is 2.36. The molecule has 0 saturated carbocycles. The third-order valence-corrected chi connectivity index (χ3v) is 3.49. The van der Waals surface area contributed by atoms with Crippen molar-refractivity contribution in [1.29, 1.82) is 0 Å². The van der Waals surface area contributed by atoms with Gasteiger partial charge in [-0.2, -0.15) is 0 Å². The summed E-state index contributed by atoms with van der Waals surface area (Å²) < 4.78 is 13.5. The molecule has 0 heterocycles. The Balaban J connectivity index is 2.35. The number of benzene rings is 2. The van der Waals surface area contributed by atoms with Gasteiger partial charge in [0.15, 0.2) is 0 Å². The zero-order chi connectivity index (χ0) is 14.7. The molecule has 2 rings (SSSR count). The van der Waals surface area contributed by atoms with E-state index in [1.165, 1.54) is 6.07 Å². The third kappa shape index (κ3) is 3.81. The predicted octanol–water partition coefficient (Wildman–Crippen LogP) is 4.95. The van der Waals surface area contributed by atoms with Gasteiger partial charge in [-0.05, 0) is 53.4 Å². The van der Waals surface area contributed by atoms with Crippen LogP contribution < -0.4 is 5.32 Å². The molecule has 0 radical (unpaired) electrons. The lowest BCUT2D eigenvalue weighted by atomic mass is 10.0. The van der Waals surface area contributed by atoms with E-state index in [1.807, 2.05) is 31.2 Å². The van der Waals surface area contributed by atoms with E-state index in [1.54, 1.807) is 6.07 Å². The number of hydrogen-bond donors (Lipinski definition) is 1. The zero-order valence-corrected chi connectivity index (χ0v) is 12.8. The van der Waals surface area contributed by atoms with Gasteiger partial charge >= 0.3 is 0 Å². The second-order valence-electron chi connectivity index (χ2n) is 5.36. The highest BCUT2D eigenvalue weighted by Gasteiger charge is 2.06. The summed E-state index contributed by atoms with van der Waals surface area (Å²) in [5.41, 5.74) is 3.80. The molecule has 0 bridgehead atoms. The Morgan fingerprint density at radius 3 is 2.50 bits per heavy atom. The predicted molar refractivity (Wildman–Crippen MR) is 83.6 cm³/mol. The molecular weight excluding hydrogens is 273 g/mol. The summed E-state index contributed by atoms with van der Waals surface area (Å²) in [7, 11) is 0. The van der Waals surface area contributed by atoms with Crippen molar-refractivity contribution in [2.24, 2.45) is 0 Å². The van der Waals surface area contributed by atoms with Crippen molar-refractivity contribution in [2.75, 3.05) is 0 Å². The number of rotatable bonds is 4. The van der Waals surface area contributed by atoms with Crippen LogP contribution in [0.25, 0.3) is 11.1 Å². The Morgan fingerprint density at radius 2 is 1.85 bits per heavy atom. The van der Waals surface area contributed by atoms with Gasteiger partial charge in [-0.1, -0.05) is 37.6 Å². The van der Waals surface area contributed by atoms with Crippen LogP contribution in [0.2, 0.25) is 5.02 Å². The fourth-order valence-electron chi connectivity index (χ4n) is 2.11. The first-order valence-corrected chi connectivity index (χ1v) is 7.13. The molecule has 0 atom stereocenters. The molecule has 0 unspecified atom stereocenters. The molecule has 0 aliphatic heterocycles. The molecule has 0 saturated heterocycles. The maximum absolute atomic E-state index is 13.5. The van der Waals surface area contributed by atoms with Crippen molar-refractivity contribution < 1.29 is 4.39 Å². The van der Waals surface area contributed by atoms with Crippen LogP contribution in [0.1, 0.15) is 25.0 Å². The van der Waals surface area contributed by atoms with E-state index >= 15 is 0 Å². The maximum Gasteiger partial charge on any atom is 0.124 e. The molecule has 0 aromatic heterocycles. The number of halogens is 2. The van der Waals surface area contributed by atoms with Crippen molar-refractivity contribution in [2.45, 2.75) is 33.4 Å². The third-order valence-electron chi connectivity index (χ3n) is 3.12. The lowest BCUT2D eigenvalue weighted by Gasteiger charge is -2.12. The maximum atomic E-state index is 13.5. The fourth-order valence-corrected chi connectivity index (χ4v) is 2.29. The second-order valence-corrected chi connectivity index (χ2v) is 5.77. The SMILES string of the molecule is Cc1cc(F)cc(-c2ccc(Cl)c(CNC(C)C)c2)c1. The summed E-state index contributed by atoms with van der Waals surface area (Å²) in [6.07, 6.45) is 0. The average molecular weight is 292 g/mol. The number of hydrogen-bond acceptors (Lipinski definition) is 1. The van der Waals surface area contributed by atoms with Gasteiger partial charge in [0.2, 0.25) is 0 Å². The van der Waals surface area contributed by atoms with Crippen LogP contribution in [-0.4, -0.2) is 6.04 Å². The summed E-state index contributed by atoms with van der Waals surface area (Å²) >= 11 is 6.22. The fraction of sp³-hybridized carbons (Fsp3) is 0.294. The van der Waals surface area contributed by atoms with E-state index in [0.29, 0.717) is 12.6 Å². The topological polar surface area (TPSA) is 12.0 Å². The van der Waals surface area contributed by atoms with Gasteiger partial charge in [-0.3, -0.25) is 0 Å². The smallest absolute Gasteiger partial charge is 0.124 e. The van der Waals surface area contributed by atoms with Crippen LogP contribution in [0.5, 0.6) is 0 Å². The van der Waals surface area contributed by atoms with Gasteiger partial charge in [0.05, 0.1) is 0 Å². The monoisotopic (exact) mass is 291 g/mol. The molecule has 106 valence electrons. The molecular formula is C17H19ClFN. The Morgan fingerprint density at radius 1 is 1.10 bits per heavy atom. The molecule has 0 amide bonds. The highest BCUT2D eigenvalue weighted by Crippen LogP contribution is 2.26. The summed E-state index contributed by atoms with van der Waals surface area (Å²) in [4.78, 5) is 0. The van der Waals surface area contributed by atoms with Crippen LogP contribution in [0.15, 0.2) is 36.4 Å². The van der Waals surface area contributed by atoms with E-state index in [0.717, 1.165) is 27.3 Å². The van der Waals surface area contributed by atoms with Gasteiger partial charge in [-0.15, -0.1) is 0 Å². The van der Waals surface area contributed by atoms with Crippen LogP contribution in [0.4, 0.5) is 4.39 Å². The quantitative estimate of drug-likeness (QED) is 0.840. The molecule has 0 spiro atoms. The van der Waals surface area contributed by atoms with Crippen LogP contribution in [0.3, 0.4) is 0 Å². The Bertz CT molecular complexity index is 588. The standard InChI is InChI=1S/C17H19ClFN/c1-11(2)20-10-15-8-13(4-5-17(15)18)14-6-12(3)7-16(19)9-14/h4-9,11,20H,10H2,1-3H3. The minimum Gasteiger partial charge on any atom is -0.310 e. The van der Waals surface area contributed by atoms with Crippen LogP contribution in [-0.2, 0) is 6.54 Å². The van der Waals surface area contributed by atoms with Crippen molar-refractivity contribution in [3.63, 3.8) is 0 Å². The van der Waals surface area contributed by atoms with Crippen molar-refractivity contribution >= 4 is 11.6 Å². The van der Waals surface area contributed by atoms with Crippen molar-refractivity contribution in [1.82, 2.24) is 5.32 Å². The van der Waals surface area contributed by atoms with Gasteiger partial charge in [0.25, 0.3) is 0 Å². The van der Waals surface area contributed by atoms with E-state index in [4.69, 9.17) is 11.6 Å². The molecule has 20 heavy (non-hydrogen) atoms. The number of aryl methyl sites for hydroxylation is 1. The summed E-state index contributed by atoms with van der Waals surface area (Å²) in [5.74, 6) is -0.211. The van der Waals surface area contributed by atoms with Gasteiger partial charge in [0.1, 0.15) is 5.82 Å². The van der Waals surface area contributed by atoms with Gasteiger partial charge in [0, 0.05) is 17.6 Å². The largest absolute Gasteiger partial charge is 0.310 e. The minimum atomic E-state index is -0.211. The summed E-state index contributed by atoms with van der Waals surface area (Å²) in [5, 5.41) is 4.08. The molecule has 0 aliphatic rings. The first kappa shape index (κ1) is 15.0. The molecule has 0 fully saturated rings. The molecule has 2 aromatic carbocycles. The first-order valence-electron chi connectivity index (χ1n) is 6.75. The normalized spacial score (nSPS) is 11.1. The van der Waals surface area contributed by atoms with Crippen molar-refractivity contribution in [3.8, 4) is 11.1 Å². The number of nitrogens with one attached hydrogen (secondary N) is 1. The molecule has 0 aliphatic carbocycles. The Labute approximate surface area is 124 Å². The second kappa shape index (κ2) is 6.38. The van der Waals surface area contributed by atoms with E-state index in [9.17, 15) is 4.39 Å². The van der Waals surface area contributed by atoms with Crippen molar-refractivity contribution in [3.05, 3.63) is 58.4 Å². The molecule has 2 aromatic rings. The van der Waals surface area contributed by atoms with Gasteiger partial charge < -0.3 is 5.32 Å². The summed E-state index contributed by atoms with van der Waals surface area (Å²) in [6, 6.07) is 11.3. The first-order chi connectivity index (χ1) is 9.45. The van der Waals surface area contributed by atoms with E-state index in [-0.39, 0.29) is 5.82 Å². The Hall–Kier alpha value is -1.38. The lowest BCUT2D eigenvalue weighted by molar-refractivity contribution is 0.589. The van der Waals surface area contributed by atoms with E-state index < -0.39 is 0 Å². The molecule has 1 nitrogen and oxygen atoms in total. The Kier molecular flexibility index (Phi) is 4.79. The highest BCUT2D eigenvalue weighted by molar-refractivity contribution is 6.31. The van der Waals surface area contributed by atoms with Crippen LogP contribution >= 0.6 is 11.6 Å². The zero-order valence-electron chi connectivity index (χ0n) is 12.0. The molecule has 3 heteroatoms. The van der Waals surface area contributed by atoms with E-state index in [2.05, 4.69) is 19.2 Å². The minimum absolute atomic E-state index is 0.211. The summed E-state index contributed by atoms with van der Waals surface area (Å²) in [6.45, 7) is 6.78. The van der Waals surface area contributed by atoms with Gasteiger partial charge in [-0.25, -0.2) is 4.39 Å². The lowest BCUT2D eigenvalue weighted by Crippen LogP contribution is -2.21.